The second-order valence-electron chi connectivity index (χ2n) is 4.87. The Kier molecular flexibility index (Phi) is 3.95. The summed E-state index contributed by atoms with van der Waals surface area (Å²) in [4.78, 5) is 0. The fourth-order valence-corrected chi connectivity index (χ4v) is 2.40. The summed E-state index contributed by atoms with van der Waals surface area (Å²) < 4.78 is 18.7. The molecule has 0 aliphatic heterocycles. The predicted octanol–water partition coefficient (Wildman–Crippen LogP) is 3.12. The fraction of sp³-hybridized carbons (Fsp3) is 0.250. The van der Waals surface area contributed by atoms with Crippen molar-refractivity contribution >= 4 is 5.69 Å². The second-order valence-corrected chi connectivity index (χ2v) is 4.87. The Labute approximate surface area is 117 Å². The number of aliphatic hydroxyl groups excluding tert-OH is 1. The molecule has 0 heterocycles. The molecule has 0 saturated carbocycles. The molecular formula is C16H18FNO2. The summed E-state index contributed by atoms with van der Waals surface area (Å²) in [6.45, 7) is 3.83. The minimum absolute atomic E-state index is 0.343. The molecule has 20 heavy (non-hydrogen) atoms. The maximum Gasteiger partial charge on any atom is 0.125 e. The van der Waals surface area contributed by atoms with E-state index in [0.717, 1.165) is 11.1 Å². The monoisotopic (exact) mass is 275 g/mol. The maximum atomic E-state index is 13.4. The normalized spacial score (nSPS) is 12.2. The van der Waals surface area contributed by atoms with E-state index in [9.17, 15) is 9.50 Å². The van der Waals surface area contributed by atoms with Crippen LogP contribution in [0, 0.1) is 19.7 Å². The number of ether oxygens (including phenoxy) is 1. The third-order valence-electron chi connectivity index (χ3n) is 3.33. The van der Waals surface area contributed by atoms with Crippen molar-refractivity contribution in [3.63, 3.8) is 0 Å². The van der Waals surface area contributed by atoms with E-state index in [2.05, 4.69) is 0 Å². The highest BCUT2D eigenvalue weighted by atomic mass is 19.1. The van der Waals surface area contributed by atoms with E-state index in [1.807, 2.05) is 26.0 Å². The molecule has 1 atom stereocenters. The molecule has 106 valence electrons. The van der Waals surface area contributed by atoms with Crippen molar-refractivity contribution in [3.8, 4) is 5.75 Å². The Balaban J connectivity index is 2.58. The van der Waals surface area contributed by atoms with E-state index in [4.69, 9.17) is 10.5 Å². The zero-order valence-corrected chi connectivity index (χ0v) is 11.8. The number of nitrogen functional groups attached to an aromatic ring is 1. The Morgan fingerprint density at radius 2 is 1.90 bits per heavy atom. The molecule has 4 heteroatoms. The predicted molar refractivity (Wildman–Crippen MR) is 77.3 cm³/mol. The van der Waals surface area contributed by atoms with E-state index in [1.165, 1.54) is 18.2 Å². The summed E-state index contributed by atoms with van der Waals surface area (Å²) in [5.41, 5.74) is 9.03. The molecule has 2 rings (SSSR count). The zero-order valence-electron chi connectivity index (χ0n) is 11.8. The molecular weight excluding hydrogens is 257 g/mol. The zero-order chi connectivity index (χ0) is 14.9. The number of methoxy groups -OCH3 is 1. The molecule has 0 aromatic heterocycles. The summed E-state index contributed by atoms with van der Waals surface area (Å²) in [6.07, 6.45) is -1.03. The molecule has 0 aliphatic rings. The average molecular weight is 275 g/mol. The number of rotatable bonds is 3. The smallest absolute Gasteiger partial charge is 0.125 e. The van der Waals surface area contributed by atoms with Gasteiger partial charge in [0.15, 0.2) is 0 Å². The number of nitrogens with two attached hydrogens (primary N) is 1. The van der Waals surface area contributed by atoms with Crippen LogP contribution in [0.4, 0.5) is 10.1 Å². The summed E-state index contributed by atoms with van der Waals surface area (Å²) >= 11 is 0. The minimum Gasteiger partial charge on any atom is -0.496 e. The molecule has 0 radical (unpaired) electrons. The van der Waals surface area contributed by atoms with Crippen LogP contribution in [0.1, 0.15) is 28.4 Å². The van der Waals surface area contributed by atoms with Crippen LogP contribution >= 0.6 is 0 Å². The van der Waals surface area contributed by atoms with E-state index < -0.39 is 11.9 Å². The molecule has 1 unspecified atom stereocenters. The SMILES string of the molecule is COc1cc(C)cc(C)c1C(O)c1cc(F)ccc1N. The van der Waals surface area contributed by atoms with Crippen LogP contribution in [-0.4, -0.2) is 12.2 Å². The van der Waals surface area contributed by atoms with Crippen LogP contribution < -0.4 is 10.5 Å². The van der Waals surface area contributed by atoms with Gasteiger partial charge in [-0.3, -0.25) is 0 Å². The van der Waals surface area contributed by atoms with Crippen molar-refractivity contribution in [1.82, 2.24) is 0 Å². The highest BCUT2D eigenvalue weighted by molar-refractivity contribution is 5.55. The Morgan fingerprint density at radius 3 is 2.55 bits per heavy atom. The summed E-state index contributed by atoms with van der Waals surface area (Å²) in [5, 5.41) is 10.6. The van der Waals surface area contributed by atoms with Gasteiger partial charge in [-0.25, -0.2) is 4.39 Å². The van der Waals surface area contributed by atoms with Gasteiger partial charge in [-0.1, -0.05) is 6.07 Å². The van der Waals surface area contributed by atoms with Crippen molar-refractivity contribution in [2.75, 3.05) is 12.8 Å². The Bertz CT molecular complexity index is 641. The van der Waals surface area contributed by atoms with Gasteiger partial charge in [0.05, 0.1) is 7.11 Å². The third kappa shape index (κ3) is 2.60. The first-order valence-electron chi connectivity index (χ1n) is 6.32. The minimum atomic E-state index is -1.03. The first kappa shape index (κ1) is 14.3. The van der Waals surface area contributed by atoms with Gasteiger partial charge < -0.3 is 15.6 Å². The van der Waals surface area contributed by atoms with Crippen LogP contribution in [0.2, 0.25) is 0 Å². The van der Waals surface area contributed by atoms with Gasteiger partial charge in [-0.15, -0.1) is 0 Å². The first-order valence-corrected chi connectivity index (χ1v) is 6.32. The molecule has 0 amide bonds. The third-order valence-corrected chi connectivity index (χ3v) is 3.33. The lowest BCUT2D eigenvalue weighted by Crippen LogP contribution is -2.08. The molecule has 2 aromatic carbocycles. The van der Waals surface area contributed by atoms with E-state index >= 15 is 0 Å². The lowest BCUT2D eigenvalue weighted by molar-refractivity contribution is 0.214. The Hall–Kier alpha value is -2.07. The largest absolute Gasteiger partial charge is 0.496 e. The molecule has 0 fully saturated rings. The van der Waals surface area contributed by atoms with Crippen LogP contribution in [0.15, 0.2) is 30.3 Å². The molecule has 3 N–H and O–H groups in total. The van der Waals surface area contributed by atoms with Crippen LogP contribution in [-0.2, 0) is 0 Å². The second kappa shape index (κ2) is 5.51. The molecule has 0 aliphatic carbocycles. The van der Waals surface area contributed by atoms with E-state index in [0.29, 0.717) is 22.6 Å². The number of hydrogen-bond donors (Lipinski definition) is 2. The van der Waals surface area contributed by atoms with E-state index in [1.54, 1.807) is 7.11 Å². The highest BCUT2D eigenvalue weighted by Gasteiger charge is 2.21. The summed E-state index contributed by atoms with van der Waals surface area (Å²) in [6, 6.07) is 7.74. The Morgan fingerprint density at radius 1 is 1.20 bits per heavy atom. The first-order chi connectivity index (χ1) is 9.43. The van der Waals surface area contributed by atoms with Gasteiger partial charge in [0.1, 0.15) is 17.7 Å². The highest BCUT2D eigenvalue weighted by Crippen LogP contribution is 2.36. The lowest BCUT2D eigenvalue weighted by Gasteiger charge is -2.20. The maximum absolute atomic E-state index is 13.4. The molecule has 0 spiro atoms. The van der Waals surface area contributed by atoms with Crippen molar-refractivity contribution in [1.29, 1.82) is 0 Å². The van der Waals surface area contributed by atoms with Crippen molar-refractivity contribution in [2.45, 2.75) is 20.0 Å². The van der Waals surface area contributed by atoms with Crippen LogP contribution in [0.5, 0.6) is 5.75 Å². The number of hydrogen-bond acceptors (Lipinski definition) is 3. The van der Waals surface area contributed by atoms with Gasteiger partial charge >= 0.3 is 0 Å². The average Bonchev–Trinajstić information content (AvgIpc) is 2.40. The number of aliphatic hydroxyl groups is 1. The van der Waals surface area contributed by atoms with E-state index in [-0.39, 0.29) is 0 Å². The lowest BCUT2D eigenvalue weighted by atomic mass is 9.94. The number of aryl methyl sites for hydroxylation is 2. The van der Waals surface area contributed by atoms with Gasteiger partial charge in [0, 0.05) is 16.8 Å². The number of benzene rings is 2. The quantitative estimate of drug-likeness (QED) is 0.846. The van der Waals surface area contributed by atoms with Gasteiger partial charge in [-0.2, -0.15) is 0 Å². The van der Waals surface area contributed by atoms with Crippen LogP contribution in [0.3, 0.4) is 0 Å². The fourth-order valence-electron chi connectivity index (χ4n) is 2.40. The van der Waals surface area contributed by atoms with Gasteiger partial charge in [0.25, 0.3) is 0 Å². The molecule has 3 nitrogen and oxygen atoms in total. The van der Waals surface area contributed by atoms with Crippen LogP contribution in [0.25, 0.3) is 0 Å². The number of halogens is 1. The molecule has 0 bridgehead atoms. The van der Waals surface area contributed by atoms with Gasteiger partial charge in [0.2, 0.25) is 0 Å². The standard InChI is InChI=1S/C16H18FNO2/c1-9-6-10(2)15(14(7-9)20-3)16(19)12-8-11(17)4-5-13(12)18/h4-8,16,19H,18H2,1-3H3. The topological polar surface area (TPSA) is 55.5 Å². The van der Waals surface area contributed by atoms with Crippen molar-refractivity contribution in [2.24, 2.45) is 0 Å². The molecule has 2 aromatic rings. The van der Waals surface area contributed by atoms with Crippen molar-refractivity contribution in [3.05, 3.63) is 58.4 Å². The number of anilines is 1. The molecule has 0 saturated heterocycles. The van der Waals surface area contributed by atoms with Crippen molar-refractivity contribution < 1.29 is 14.2 Å². The van der Waals surface area contributed by atoms with Gasteiger partial charge in [-0.05, 0) is 49.2 Å². The summed E-state index contributed by atoms with van der Waals surface area (Å²) in [5.74, 6) is 0.135. The summed E-state index contributed by atoms with van der Waals surface area (Å²) in [7, 11) is 1.54.